The maximum absolute atomic E-state index is 13.2. The molecule has 9 heteroatoms. The fourth-order valence-electron chi connectivity index (χ4n) is 2.97. The van der Waals surface area contributed by atoms with Crippen LogP contribution in [-0.2, 0) is 21.0 Å². The highest BCUT2D eigenvalue weighted by Crippen LogP contribution is 2.37. The smallest absolute Gasteiger partial charge is 0.353 e. The number of carbonyl (C=O) groups is 1. The molecule has 0 aromatic heterocycles. The SMILES string of the molecule is CS(=O)(=O)N(CCC(=O)NC1CCCC1)c1ccccc1C(F)(F)F. The Morgan fingerprint density at radius 1 is 1.24 bits per heavy atom. The van der Waals surface area contributed by atoms with Crippen molar-refractivity contribution in [3.63, 3.8) is 0 Å². The third kappa shape index (κ3) is 5.35. The van der Waals surface area contributed by atoms with E-state index in [1.165, 1.54) is 12.1 Å². The van der Waals surface area contributed by atoms with Gasteiger partial charge in [-0.05, 0) is 25.0 Å². The molecule has 1 aliphatic rings. The number of amides is 1. The number of para-hydroxylation sites is 1. The van der Waals surface area contributed by atoms with E-state index in [1.54, 1.807) is 0 Å². The first kappa shape index (κ1) is 19.6. The van der Waals surface area contributed by atoms with Crippen molar-refractivity contribution in [2.45, 2.75) is 44.3 Å². The Morgan fingerprint density at radius 3 is 2.40 bits per heavy atom. The van der Waals surface area contributed by atoms with Gasteiger partial charge in [-0.3, -0.25) is 9.10 Å². The van der Waals surface area contributed by atoms with Crippen molar-refractivity contribution < 1.29 is 26.4 Å². The van der Waals surface area contributed by atoms with Crippen molar-refractivity contribution >= 4 is 21.6 Å². The first-order valence-electron chi connectivity index (χ1n) is 8.02. The summed E-state index contributed by atoms with van der Waals surface area (Å²) in [6, 6.07) is 4.52. The first-order valence-corrected chi connectivity index (χ1v) is 9.87. The quantitative estimate of drug-likeness (QED) is 0.828. The second-order valence-electron chi connectivity index (χ2n) is 6.15. The lowest BCUT2D eigenvalue weighted by Gasteiger charge is -2.25. The zero-order chi connectivity index (χ0) is 18.7. The van der Waals surface area contributed by atoms with Gasteiger partial charge in [-0.1, -0.05) is 25.0 Å². The molecule has 0 unspecified atom stereocenters. The maximum Gasteiger partial charge on any atom is 0.418 e. The molecule has 0 bridgehead atoms. The normalized spacial score (nSPS) is 16.0. The van der Waals surface area contributed by atoms with Gasteiger partial charge >= 0.3 is 6.18 Å². The highest BCUT2D eigenvalue weighted by Gasteiger charge is 2.36. The van der Waals surface area contributed by atoms with Crippen LogP contribution in [0.1, 0.15) is 37.7 Å². The molecular formula is C16H21F3N2O3S. The average Bonchev–Trinajstić information content (AvgIpc) is 2.98. The Kier molecular flexibility index (Phi) is 5.97. The number of anilines is 1. The van der Waals surface area contributed by atoms with Crippen molar-refractivity contribution in [3.8, 4) is 0 Å². The number of sulfonamides is 1. The molecule has 0 saturated heterocycles. The molecule has 1 fully saturated rings. The lowest BCUT2D eigenvalue weighted by atomic mass is 10.1. The van der Waals surface area contributed by atoms with E-state index in [1.807, 2.05) is 0 Å². The summed E-state index contributed by atoms with van der Waals surface area (Å²) in [4.78, 5) is 12.0. The Morgan fingerprint density at radius 2 is 1.84 bits per heavy atom. The lowest BCUT2D eigenvalue weighted by molar-refractivity contribution is -0.137. The molecule has 1 aromatic rings. The summed E-state index contributed by atoms with van der Waals surface area (Å²) in [6.07, 6.45) is -0.258. The molecule has 0 spiro atoms. The highest BCUT2D eigenvalue weighted by atomic mass is 32.2. The van der Waals surface area contributed by atoms with Gasteiger partial charge in [-0.15, -0.1) is 0 Å². The van der Waals surface area contributed by atoms with Crippen LogP contribution in [0.25, 0.3) is 0 Å². The van der Waals surface area contributed by atoms with Crippen molar-refractivity contribution in [1.82, 2.24) is 5.32 Å². The lowest BCUT2D eigenvalue weighted by Crippen LogP contribution is -2.38. The van der Waals surface area contributed by atoms with E-state index in [0.29, 0.717) is 4.31 Å². The summed E-state index contributed by atoms with van der Waals surface area (Å²) in [5.41, 5.74) is -1.51. The van der Waals surface area contributed by atoms with Crippen LogP contribution < -0.4 is 9.62 Å². The predicted molar refractivity (Wildman–Crippen MR) is 88.6 cm³/mol. The molecule has 0 atom stereocenters. The number of halogens is 3. The van der Waals surface area contributed by atoms with Crippen LogP contribution in [0.15, 0.2) is 24.3 Å². The highest BCUT2D eigenvalue weighted by molar-refractivity contribution is 7.92. The average molecular weight is 378 g/mol. The van der Waals surface area contributed by atoms with Crippen LogP contribution in [0.4, 0.5) is 18.9 Å². The second-order valence-corrected chi connectivity index (χ2v) is 8.06. The molecule has 1 saturated carbocycles. The number of hydrogen-bond acceptors (Lipinski definition) is 3. The summed E-state index contributed by atoms with van der Waals surface area (Å²) in [5.74, 6) is -0.356. The van der Waals surface area contributed by atoms with Gasteiger partial charge in [-0.25, -0.2) is 8.42 Å². The molecule has 25 heavy (non-hydrogen) atoms. The van der Waals surface area contributed by atoms with E-state index in [9.17, 15) is 26.4 Å². The number of carbonyl (C=O) groups excluding carboxylic acids is 1. The van der Waals surface area contributed by atoms with E-state index in [-0.39, 0.29) is 24.9 Å². The molecule has 1 N–H and O–H groups in total. The zero-order valence-electron chi connectivity index (χ0n) is 13.8. The molecule has 5 nitrogen and oxygen atoms in total. The molecule has 0 heterocycles. The predicted octanol–water partition coefficient (Wildman–Crippen LogP) is 2.92. The zero-order valence-corrected chi connectivity index (χ0v) is 14.7. The molecule has 1 aliphatic carbocycles. The van der Waals surface area contributed by atoms with Crippen molar-refractivity contribution in [3.05, 3.63) is 29.8 Å². The number of hydrogen-bond donors (Lipinski definition) is 1. The van der Waals surface area contributed by atoms with Gasteiger partial charge in [0.2, 0.25) is 15.9 Å². The summed E-state index contributed by atoms with van der Waals surface area (Å²) in [7, 11) is -3.97. The number of benzene rings is 1. The van der Waals surface area contributed by atoms with Crippen LogP contribution in [-0.4, -0.2) is 33.2 Å². The standard InChI is InChI=1S/C16H21F3N2O3S/c1-25(23,24)21(11-10-15(22)20-12-6-2-3-7-12)14-9-5-4-8-13(14)16(17,18)19/h4-5,8-9,12H,2-3,6-7,10-11H2,1H3,(H,20,22). The monoisotopic (exact) mass is 378 g/mol. The fourth-order valence-corrected chi connectivity index (χ4v) is 3.91. The minimum atomic E-state index is -4.69. The summed E-state index contributed by atoms with van der Waals surface area (Å²) in [6.45, 7) is -0.343. The van der Waals surface area contributed by atoms with E-state index >= 15 is 0 Å². The van der Waals surface area contributed by atoms with Gasteiger partial charge in [0.25, 0.3) is 0 Å². The number of rotatable bonds is 6. The van der Waals surface area contributed by atoms with Gasteiger partial charge < -0.3 is 5.32 Å². The number of nitrogens with one attached hydrogen (secondary N) is 1. The molecule has 140 valence electrons. The largest absolute Gasteiger partial charge is 0.418 e. The second kappa shape index (κ2) is 7.63. The van der Waals surface area contributed by atoms with Gasteiger partial charge in [0.1, 0.15) is 0 Å². The van der Waals surface area contributed by atoms with Gasteiger partial charge in [0.05, 0.1) is 17.5 Å². The minimum Gasteiger partial charge on any atom is -0.353 e. The van der Waals surface area contributed by atoms with Crippen LogP contribution in [0, 0.1) is 0 Å². The van der Waals surface area contributed by atoms with E-state index in [2.05, 4.69) is 5.32 Å². The Hall–Kier alpha value is -1.77. The maximum atomic E-state index is 13.2. The minimum absolute atomic E-state index is 0.0710. The Labute approximate surface area is 145 Å². The van der Waals surface area contributed by atoms with Crippen molar-refractivity contribution in [1.29, 1.82) is 0 Å². The first-order chi connectivity index (χ1) is 11.6. The summed E-state index contributed by atoms with van der Waals surface area (Å²) >= 11 is 0. The molecule has 1 aromatic carbocycles. The van der Waals surface area contributed by atoms with E-state index in [4.69, 9.17) is 0 Å². The van der Waals surface area contributed by atoms with Gasteiger partial charge in [0.15, 0.2) is 0 Å². The van der Waals surface area contributed by atoms with E-state index < -0.39 is 27.5 Å². The van der Waals surface area contributed by atoms with Crippen LogP contribution in [0.3, 0.4) is 0 Å². The Bertz CT molecular complexity index is 714. The van der Waals surface area contributed by atoms with Crippen molar-refractivity contribution in [2.75, 3.05) is 17.1 Å². The van der Waals surface area contributed by atoms with Crippen molar-refractivity contribution in [2.24, 2.45) is 0 Å². The Balaban J connectivity index is 2.17. The van der Waals surface area contributed by atoms with Crippen LogP contribution in [0.2, 0.25) is 0 Å². The van der Waals surface area contributed by atoms with Crippen LogP contribution >= 0.6 is 0 Å². The molecule has 0 aliphatic heterocycles. The van der Waals surface area contributed by atoms with Gasteiger partial charge in [0, 0.05) is 19.0 Å². The summed E-state index contributed by atoms with van der Waals surface area (Å²) in [5, 5.41) is 2.80. The number of nitrogens with zero attached hydrogens (tertiary/aromatic N) is 1. The van der Waals surface area contributed by atoms with Gasteiger partial charge in [-0.2, -0.15) is 13.2 Å². The molecular weight excluding hydrogens is 357 g/mol. The molecule has 0 radical (unpaired) electrons. The number of alkyl halides is 3. The topological polar surface area (TPSA) is 66.5 Å². The molecule has 1 amide bonds. The molecule has 2 rings (SSSR count). The third-order valence-electron chi connectivity index (χ3n) is 4.14. The fraction of sp³-hybridized carbons (Fsp3) is 0.562. The third-order valence-corrected chi connectivity index (χ3v) is 5.32. The van der Waals surface area contributed by atoms with Crippen LogP contribution in [0.5, 0.6) is 0 Å². The summed E-state index contributed by atoms with van der Waals surface area (Å²) < 4.78 is 64.1. The van der Waals surface area contributed by atoms with E-state index in [0.717, 1.165) is 44.1 Å².